The predicted molar refractivity (Wildman–Crippen MR) is 58.3 cm³/mol. The molecule has 0 amide bonds. The number of rotatable bonds is 2. The number of nitrogens with zero attached hydrogens (tertiary/aromatic N) is 2. The van der Waals surface area contributed by atoms with Gasteiger partial charge in [0, 0.05) is 24.8 Å². The maximum Gasteiger partial charge on any atom is 0.139 e. The van der Waals surface area contributed by atoms with Gasteiger partial charge in [-0.3, -0.25) is 0 Å². The van der Waals surface area contributed by atoms with E-state index in [4.69, 9.17) is 0 Å². The normalized spacial score (nSPS) is 10.9. The van der Waals surface area contributed by atoms with Crippen LogP contribution in [0, 0.1) is 0 Å². The highest BCUT2D eigenvalue weighted by Gasteiger charge is 2.04. The van der Waals surface area contributed by atoms with E-state index in [1.54, 1.807) is 0 Å². The summed E-state index contributed by atoms with van der Waals surface area (Å²) in [5.74, 6) is 0.883. The van der Waals surface area contributed by atoms with Gasteiger partial charge in [-0.2, -0.15) is 12.6 Å². The Hall–Kier alpha value is -0.960. The first-order valence-corrected chi connectivity index (χ1v) is 4.96. The fourth-order valence-electron chi connectivity index (χ4n) is 1.61. The topological polar surface area (TPSA) is 17.8 Å². The third-order valence-corrected chi connectivity index (χ3v) is 2.42. The number of hydrogen-bond donors (Lipinski definition) is 1. The van der Waals surface area contributed by atoms with Gasteiger partial charge in [0.05, 0.1) is 0 Å². The Bertz CT molecular complexity index is 420. The quantitative estimate of drug-likeness (QED) is 0.721. The molecule has 13 heavy (non-hydrogen) atoms. The molecule has 3 heteroatoms. The van der Waals surface area contributed by atoms with Crippen LogP contribution in [0.2, 0.25) is 0 Å². The van der Waals surface area contributed by atoms with Crippen LogP contribution in [0.5, 0.6) is 0 Å². The minimum absolute atomic E-state index is 0.883. The molecule has 0 fully saturated rings. The van der Waals surface area contributed by atoms with Crippen LogP contribution in [0.1, 0.15) is 5.56 Å². The van der Waals surface area contributed by atoms with Gasteiger partial charge >= 0.3 is 0 Å². The van der Waals surface area contributed by atoms with Crippen LogP contribution in [-0.2, 0) is 13.5 Å². The fraction of sp³-hybridized carbons (Fsp3) is 0.300. The van der Waals surface area contributed by atoms with Crippen molar-refractivity contribution in [3.8, 4) is 0 Å². The number of pyridine rings is 1. The number of aromatic nitrogens is 2. The van der Waals surface area contributed by atoms with E-state index >= 15 is 0 Å². The number of hydrogen-bond acceptors (Lipinski definition) is 2. The van der Waals surface area contributed by atoms with Crippen LogP contribution in [0.25, 0.3) is 11.0 Å². The van der Waals surface area contributed by atoms with Crippen LogP contribution in [-0.4, -0.2) is 15.3 Å². The molecule has 2 heterocycles. The van der Waals surface area contributed by atoms with E-state index in [-0.39, 0.29) is 0 Å². The summed E-state index contributed by atoms with van der Waals surface area (Å²) in [6, 6.07) is 4.09. The lowest BCUT2D eigenvalue weighted by atomic mass is 10.2. The molecule has 0 aromatic carbocycles. The van der Waals surface area contributed by atoms with Crippen LogP contribution in [0.15, 0.2) is 24.5 Å². The summed E-state index contributed by atoms with van der Waals surface area (Å²) in [6.45, 7) is 0. The van der Waals surface area contributed by atoms with Gasteiger partial charge in [-0.1, -0.05) is 0 Å². The summed E-state index contributed by atoms with van der Waals surface area (Å²) in [6.07, 6.45) is 4.97. The minimum Gasteiger partial charge on any atom is -0.335 e. The molecular weight excluding hydrogens is 180 g/mol. The maximum absolute atomic E-state index is 4.32. The van der Waals surface area contributed by atoms with Crippen molar-refractivity contribution in [2.24, 2.45) is 7.05 Å². The lowest BCUT2D eigenvalue weighted by Gasteiger charge is -1.93. The Morgan fingerprint density at radius 1 is 1.54 bits per heavy atom. The second kappa shape index (κ2) is 3.42. The number of fused-ring (bicyclic) bond motifs is 1. The molecule has 68 valence electrons. The Morgan fingerprint density at radius 3 is 3.15 bits per heavy atom. The average molecular weight is 192 g/mol. The average Bonchev–Trinajstić information content (AvgIpc) is 2.46. The highest BCUT2D eigenvalue weighted by atomic mass is 32.1. The smallest absolute Gasteiger partial charge is 0.139 e. The molecule has 2 aromatic rings. The van der Waals surface area contributed by atoms with Gasteiger partial charge in [0.15, 0.2) is 0 Å². The van der Waals surface area contributed by atoms with Gasteiger partial charge in [-0.25, -0.2) is 4.98 Å². The first-order chi connectivity index (χ1) is 6.33. The summed E-state index contributed by atoms with van der Waals surface area (Å²) >= 11 is 4.24. The van der Waals surface area contributed by atoms with Crippen molar-refractivity contribution in [1.29, 1.82) is 0 Å². The van der Waals surface area contributed by atoms with E-state index in [0.29, 0.717) is 0 Å². The first-order valence-electron chi connectivity index (χ1n) is 4.32. The van der Waals surface area contributed by atoms with Crippen molar-refractivity contribution in [2.75, 3.05) is 5.75 Å². The van der Waals surface area contributed by atoms with E-state index in [1.807, 2.05) is 19.3 Å². The molecular formula is C10H12N2S. The Kier molecular flexibility index (Phi) is 2.27. The molecule has 0 atom stereocenters. The largest absolute Gasteiger partial charge is 0.335 e. The highest BCUT2D eigenvalue weighted by Crippen LogP contribution is 2.18. The lowest BCUT2D eigenvalue weighted by Crippen LogP contribution is -1.85. The summed E-state index contributed by atoms with van der Waals surface area (Å²) < 4.78 is 2.06. The molecule has 0 saturated carbocycles. The number of thiol groups is 1. The fourth-order valence-corrected chi connectivity index (χ4v) is 1.85. The number of aryl methyl sites for hydroxylation is 2. The maximum atomic E-state index is 4.32. The van der Waals surface area contributed by atoms with Crippen molar-refractivity contribution in [2.45, 2.75) is 6.42 Å². The summed E-state index contributed by atoms with van der Waals surface area (Å²) in [5.41, 5.74) is 2.39. The monoisotopic (exact) mass is 192 g/mol. The summed E-state index contributed by atoms with van der Waals surface area (Å²) in [4.78, 5) is 4.32. The van der Waals surface area contributed by atoms with Gasteiger partial charge in [0.2, 0.25) is 0 Å². The van der Waals surface area contributed by atoms with Crippen molar-refractivity contribution >= 4 is 23.7 Å². The van der Waals surface area contributed by atoms with Crippen LogP contribution >= 0.6 is 12.6 Å². The summed E-state index contributed by atoms with van der Waals surface area (Å²) in [5, 5.41) is 1.25. The Morgan fingerprint density at radius 2 is 2.38 bits per heavy atom. The first kappa shape index (κ1) is 8.63. The van der Waals surface area contributed by atoms with Gasteiger partial charge in [0.1, 0.15) is 5.65 Å². The molecule has 0 spiro atoms. The Balaban J connectivity index is 2.63. The third-order valence-electron chi connectivity index (χ3n) is 2.20. The zero-order chi connectivity index (χ0) is 9.26. The molecule has 2 nitrogen and oxygen atoms in total. The van der Waals surface area contributed by atoms with Crippen molar-refractivity contribution < 1.29 is 0 Å². The van der Waals surface area contributed by atoms with Crippen molar-refractivity contribution in [3.05, 3.63) is 30.1 Å². The highest BCUT2D eigenvalue weighted by molar-refractivity contribution is 7.80. The van der Waals surface area contributed by atoms with E-state index in [9.17, 15) is 0 Å². The summed E-state index contributed by atoms with van der Waals surface area (Å²) in [7, 11) is 2.03. The molecule has 0 aliphatic rings. The van der Waals surface area contributed by atoms with Gasteiger partial charge in [-0.15, -0.1) is 0 Å². The molecule has 0 aliphatic heterocycles. The second-order valence-corrected chi connectivity index (χ2v) is 3.56. The lowest BCUT2D eigenvalue weighted by molar-refractivity contribution is 0.938. The second-order valence-electron chi connectivity index (χ2n) is 3.11. The standard InChI is InChI=1S/C10H12N2S/c1-12-7-8(4-6-13)9-3-2-5-11-10(9)12/h2-3,5,7,13H,4,6H2,1H3. The van der Waals surface area contributed by atoms with E-state index in [0.717, 1.165) is 17.8 Å². The zero-order valence-corrected chi connectivity index (χ0v) is 8.46. The van der Waals surface area contributed by atoms with Gasteiger partial charge in [-0.05, 0) is 29.9 Å². The van der Waals surface area contributed by atoms with E-state index in [2.05, 4.69) is 34.4 Å². The van der Waals surface area contributed by atoms with Crippen molar-refractivity contribution in [1.82, 2.24) is 9.55 Å². The predicted octanol–water partition coefficient (Wildman–Crippen LogP) is 2.05. The minimum atomic E-state index is 0.883. The molecule has 0 saturated heterocycles. The molecule has 2 aromatic heterocycles. The van der Waals surface area contributed by atoms with E-state index in [1.165, 1.54) is 10.9 Å². The Labute approximate surface area is 83.0 Å². The molecule has 0 radical (unpaired) electrons. The molecule has 0 N–H and O–H groups in total. The molecule has 0 unspecified atom stereocenters. The van der Waals surface area contributed by atoms with E-state index < -0.39 is 0 Å². The van der Waals surface area contributed by atoms with Crippen LogP contribution < -0.4 is 0 Å². The third kappa shape index (κ3) is 1.44. The van der Waals surface area contributed by atoms with Gasteiger partial charge < -0.3 is 4.57 Å². The molecule has 0 bridgehead atoms. The molecule has 2 rings (SSSR count). The SMILES string of the molecule is Cn1cc(CCS)c2cccnc21. The molecule has 0 aliphatic carbocycles. The zero-order valence-electron chi connectivity index (χ0n) is 7.57. The van der Waals surface area contributed by atoms with Crippen LogP contribution in [0.3, 0.4) is 0 Å². The van der Waals surface area contributed by atoms with Gasteiger partial charge in [0.25, 0.3) is 0 Å². The van der Waals surface area contributed by atoms with Crippen LogP contribution in [0.4, 0.5) is 0 Å². The van der Waals surface area contributed by atoms with Crippen molar-refractivity contribution in [3.63, 3.8) is 0 Å².